The molecule has 1 rings (SSSR count). The highest BCUT2D eigenvalue weighted by atomic mass is 16.5. The van der Waals surface area contributed by atoms with Crippen LogP contribution in [0.25, 0.3) is 0 Å². The summed E-state index contributed by atoms with van der Waals surface area (Å²) < 4.78 is 5.46. The Bertz CT molecular complexity index is 840. The van der Waals surface area contributed by atoms with Crippen LogP contribution in [-0.4, -0.2) is 28.6 Å². The third-order valence-corrected chi connectivity index (χ3v) is 7.60. The summed E-state index contributed by atoms with van der Waals surface area (Å²) in [7, 11) is 0. The van der Waals surface area contributed by atoms with E-state index in [-0.39, 0.29) is 28.8 Å². The Balaban J connectivity index is 2.77. The maximum absolute atomic E-state index is 12.5. The maximum Gasteiger partial charge on any atom is 0.308 e. The predicted molar refractivity (Wildman–Crippen MR) is 152 cm³/mol. The second kappa shape index (κ2) is 16.0. The molecule has 0 heterocycles. The smallest absolute Gasteiger partial charge is 0.308 e. The lowest BCUT2D eigenvalue weighted by atomic mass is 9.74. The molecule has 212 valence electrons. The van der Waals surface area contributed by atoms with Gasteiger partial charge in [-0.05, 0) is 55.1 Å². The van der Waals surface area contributed by atoms with Gasteiger partial charge in [0.15, 0.2) is 0 Å². The number of phenolic OH excluding ortho intramolecular Hbond substituents is 2. The van der Waals surface area contributed by atoms with Gasteiger partial charge in [-0.3, -0.25) is 9.59 Å². The van der Waals surface area contributed by atoms with Gasteiger partial charge in [0.05, 0.1) is 12.5 Å². The molecule has 37 heavy (non-hydrogen) atoms. The number of rotatable bonds is 19. The molecule has 0 aromatic heterocycles. The van der Waals surface area contributed by atoms with Crippen molar-refractivity contribution in [2.75, 3.05) is 6.61 Å². The summed E-state index contributed by atoms with van der Waals surface area (Å²) in [4.78, 5) is 24.7. The van der Waals surface area contributed by atoms with Crippen molar-refractivity contribution in [3.63, 3.8) is 0 Å². The van der Waals surface area contributed by atoms with Crippen molar-refractivity contribution >= 4 is 11.8 Å². The Labute approximate surface area is 226 Å². The minimum atomic E-state index is -0.533. The number of benzene rings is 1. The van der Waals surface area contributed by atoms with Crippen LogP contribution < -0.4 is 0 Å². The fourth-order valence-corrected chi connectivity index (χ4v) is 5.20. The van der Waals surface area contributed by atoms with Gasteiger partial charge in [0.2, 0.25) is 0 Å². The van der Waals surface area contributed by atoms with Crippen LogP contribution in [0, 0.1) is 5.92 Å². The quantitative estimate of drug-likeness (QED) is 0.109. The Morgan fingerprint density at radius 2 is 1.30 bits per heavy atom. The van der Waals surface area contributed by atoms with E-state index in [0.29, 0.717) is 42.8 Å². The van der Waals surface area contributed by atoms with E-state index in [2.05, 4.69) is 13.8 Å². The first-order valence-electron chi connectivity index (χ1n) is 14.6. The van der Waals surface area contributed by atoms with E-state index in [1.54, 1.807) is 12.1 Å². The number of phenols is 2. The number of unbranched alkanes of at least 4 members (excludes halogenated alkanes) is 6. The second-order valence-corrected chi connectivity index (χ2v) is 12.2. The summed E-state index contributed by atoms with van der Waals surface area (Å²) >= 11 is 0. The van der Waals surface area contributed by atoms with E-state index >= 15 is 0 Å². The molecule has 0 fully saturated rings. The number of carbonyl (C=O) groups excluding carboxylic acids is 2. The molecule has 0 spiro atoms. The molecular weight excluding hydrogens is 464 g/mol. The number of Topliss-reactive ketones (excluding diaryl/α,β-unsaturated/α-hetero) is 1. The highest BCUT2D eigenvalue weighted by Crippen LogP contribution is 2.44. The molecule has 5 heteroatoms. The van der Waals surface area contributed by atoms with Gasteiger partial charge in [-0.2, -0.15) is 0 Å². The van der Waals surface area contributed by atoms with Crippen LogP contribution in [0.1, 0.15) is 143 Å². The number of carbonyl (C=O) groups is 2. The van der Waals surface area contributed by atoms with E-state index in [0.717, 1.165) is 51.4 Å². The summed E-state index contributed by atoms with van der Waals surface area (Å²) in [6.45, 7) is 14.6. The number of hydrogen-bond donors (Lipinski definition) is 2. The van der Waals surface area contributed by atoms with Crippen LogP contribution in [0.4, 0.5) is 0 Å². The number of aromatic hydroxyl groups is 2. The number of hydrogen-bond acceptors (Lipinski definition) is 5. The highest BCUT2D eigenvalue weighted by molar-refractivity contribution is 5.78. The first-order chi connectivity index (χ1) is 17.4. The third-order valence-electron chi connectivity index (χ3n) is 7.60. The van der Waals surface area contributed by atoms with E-state index < -0.39 is 5.41 Å². The zero-order valence-electron chi connectivity index (χ0n) is 24.8. The number of esters is 1. The van der Waals surface area contributed by atoms with Crippen LogP contribution in [0.15, 0.2) is 12.1 Å². The van der Waals surface area contributed by atoms with Crippen molar-refractivity contribution in [1.82, 2.24) is 0 Å². The monoisotopic (exact) mass is 518 g/mol. The number of ketones is 1. The molecule has 5 nitrogen and oxygen atoms in total. The Hall–Kier alpha value is -2.04. The molecule has 0 aliphatic heterocycles. The lowest BCUT2D eigenvalue weighted by Gasteiger charge is -2.31. The van der Waals surface area contributed by atoms with Crippen molar-refractivity contribution in [2.45, 2.75) is 143 Å². The van der Waals surface area contributed by atoms with Crippen LogP contribution in [0.5, 0.6) is 11.5 Å². The maximum atomic E-state index is 12.5. The fraction of sp³-hybridized carbons (Fsp3) is 0.750. The van der Waals surface area contributed by atoms with Gasteiger partial charge < -0.3 is 14.9 Å². The molecule has 1 unspecified atom stereocenters. The van der Waals surface area contributed by atoms with Crippen LogP contribution >= 0.6 is 0 Å². The summed E-state index contributed by atoms with van der Waals surface area (Å²) in [5.41, 5.74) is 0.380. The predicted octanol–water partition coefficient (Wildman–Crippen LogP) is 8.51. The standard InChI is InChI=1S/C32H54O5/c1-8-10-12-14-17-25(33)18-16-19-31(4,5)26-21-29(35)27(22-28(26)34)32(6,7)23-24(3)30(36)37-20-15-13-11-9-2/h21-22,24,34-35H,8-20,23H2,1-7H3. The Morgan fingerprint density at radius 3 is 1.86 bits per heavy atom. The van der Waals surface area contributed by atoms with E-state index in [1.165, 1.54) is 12.8 Å². The van der Waals surface area contributed by atoms with Gasteiger partial charge in [-0.15, -0.1) is 0 Å². The highest BCUT2D eigenvalue weighted by Gasteiger charge is 2.32. The van der Waals surface area contributed by atoms with Gasteiger partial charge in [0.1, 0.15) is 17.3 Å². The molecule has 0 aliphatic rings. The lowest BCUT2D eigenvalue weighted by Crippen LogP contribution is -2.26. The summed E-state index contributed by atoms with van der Waals surface area (Å²) in [5.74, 6) is 0.0369. The van der Waals surface area contributed by atoms with Gasteiger partial charge in [0, 0.05) is 24.0 Å². The first-order valence-corrected chi connectivity index (χ1v) is 14.6. The molecule has 0 saturated carbocycles. The van der Waals surface area contributed by atoms with E-state index in [1.807, 2.05) is 34.6 Å². The zero-order chi connectivity index (χ0) is 28.1. The van der Waals surface area contributed by atoms with E-state index in [9.17, 15) is 19.8 Å². The van der Waals surface area contributed by atoms with Crippen LogP contribution in [0.3, 0.4) is 0 Å². The SMILES string of the molecule is CCCCCCOC(=O)C(C)CC(C)(C)c1cc(O)c(C(C)(C)CCCC(=O)CCCCCC)cc1O. The first kappa shape index (κ1) is 33.0. The third kappa shape index (κ3) is 11.5. The molecule has 2 N–H and O–H groups in total. The molecule has 0 radical (unpaired) electrons. The molecule has 1 aromatic carbocycles. The topological polar surface area (TPSA) is 83.8 Å². The average Bonchev–Trinajstić information content (AvgIpc) is 2.82. The van der Waals surface area contributed by atoms with Gasteiger partial charge in [0.25, 0.3) is 0 Å². The van der Waals surface area contributed by atoms with Crippen molar-refractivity contribution in [3.05, 3.63) is 23.3 Å². The fourth-order valence-electron chi connectivity index (χ4n) is 5.20. The van der Waals surface area contributed by atoms with Gasteiger partial charge in [-0.1, -0.05) is 87.0 Å². The molecule has 0 aliphatic carbocycles. The van der Waals surface area contributed by atoms with Gasteiger partial charge in [-0.25, -0.2) is 0 Å². The minimum Gasteiger partial charge on any atom is -0.508 e. The average molecular weight is 519 g/mol. The molecule has 1 atom stereocenters. The zero-order valence-corrected chi connectivity index (χ0v) is 24.8. The van der Waals surface area contributed by atoms with Crippen LogP contribution in [0.2, 0.25) is 0 Å². The molecule has 0 amide bonds. The molecular formula is C32H54O5. The van der Waals surface area contributed by atoms with Crippen molar-refractivity contribution < 1.29 is 24.5 Å². The Kier molecular flexibility index (Phi) is 14.3. The van der Waals surface area contributed by atoms with Crippen molar-refractivity contribution in [3.8, 4) is 11.5 Å². The summed E-state index contributed by atoms with van der Waals surface area (Å²) in [6, 6.07) is 3.31. The summed E-state index contributed by atoms with van der Waals surface area (Å²) in [6.07, 6.45) is 11.9. The molecule has 0 bridgehead atoms. The minimum absolute atomic E-state index is 0.123. The largest absolute Gasteiger partial charge is 0.508 e. The van der Waals surface area contributed by atoms with Gasteiger partial charge >= 0.3 is 5.97 Å². The summed E-state index contributed by atoms with van der Waals surface area (Å²) in [5, 5.41) is 21.9. The molecule has 1 aromatic rings. The van der Waals surface area contributed by atoms with Crippen molar-refractivity contribution in [2.24, 2.45) is 5.92 Å². The van der Waals surface area contributed by atoms with Crippen LogP contribution in [-0.2, 0) is 25.2 Å². The number of ether oxygens (including phenoxy) is 1. The second-order valence-electron chi connectivity index (χ2n) is 12.2. The Morgan fingerprint density at radius 1 is 0.784 bits per heavy atom. The van der Waals surface area contributed by atoms with E-state index in [4.69, 9.17) is 4.74 Å². The lowest BCUT2D eigenvalue weighted by molar-refractivity contribution is -0.148. The van der Waals surface area contributed by atoms with Crippen molar-refractivity contribution in [1.29, 1.82) is 0 Å². The molecule has 0 saturated heterocycles. The normalized spacial score (nSPS) is 12.9.